The zero-order valence-corrected chi connectivity index (χ0v) is 15.3. The first-order valence-electron chi connectivity index (χ1n) is 9.18. The lowest BCUT2D eigenvalue weighted by Gasteiger charge is -2.27. The second kappa shape index (κ2) is 8.49. The Morgan fingerprint density at radius 1 is 0.821 bits per heavy atom. The van der Waals surface area contributed by atoms with E-state index in [1.165, 1.54) is 0 Å². The summed E-state index contributed by atoms with van der Waals surface area (Å²) in [5, 5.41) is 14.3. The molecule has 2 N–H and O–H groups in total. The average molecular weight is 375 g/mol. The first-order chi connectivity index (χ1) is 13.8. The monoisotopic (exact) mass is 375 g/mol. The predicted octanol–water partition coefficient (Wildman–Crippen LogP) is 3.62. The number of rotatable bonds is 4. The Labute approximate surface area is 163 Å². The Morgan fingerprint density at radius 3 is 2.14 bits per heavy atom. The number of para-hydroxylation sites is 1. The van der Waals surface area contributed by atoms with Crippen molar-refractivity contribution in [3.05, 3.63) is 66.7 Å². The molecule has 0 bridgehead atoms. The van der Waals surface area contributed by atoms with E-state index in [1.54, 1.807) is 0 Å². The van der Waals surface area contributed by atoms with Gasteiger partial charge < -0.3 is 20.3 Å². The van der Waals surface area contributed by atoms with E-state index in [9.17, 15) is 4.79 Å². The van der Waals surface area contributed by atoms with E-state index in [-0.39, 0.29) is 6.03 Å². The Morgan fingerprint density at radius 2 is 1.50 bits per heavy atom. The molecule has 28 heavy (non-hydrogen) atoms. The number of aromatic nitrogens is 2. The van der Waals surface area contributed by atoms with Crippen LogP contribution in [-0.2, 0) is 4.74 Å². The molecule has 0 saturated carbocycles. The third kappa shape index (κ3) is 4.44. The standard InChI is InChI=1S/C21H21N5O2/c27-21(22-17-4-2-1-3-5-17)23-18-8-6-16(7-9-18)19-10-11-20(25-24-19)26-12-14-28-15-13-26/h1-11H,12-15H2,(H2,22,23,27). The lowest BCUT2D eigenvalue weighted by atomic mass is 10.1. The molecule has 7 heteroatoms. The molecular weight excluding hydrogens is 354 g/mol. The number of carbonyl (C=O) groups excluding carboxylic acids is 1. The van der Waals surface area contributed by atoms with Crippen molar-refractivity contribution in [2.75, 3.05) is 41.8 Å². The van der Waals surface area contributed by atoms with Gasteiger partial charge in [-0.25, -0.2) is 4.79 Å². The zero-order valence-electron chi connectivity index (χ0n) is 15.3. The number of morpholine rings is 1. The number of urea groups is 1. The van der Waals surface area contributed by atoms with Crippen molar-refractivity contribution in [1.82, 2.24) is 10.2 Å². The van der Waals surface area contributed by atoms with Gasteiger partial charge in [-0.15, -0.1) is 10.2 Å². The molecule has 0 atom stereocenters. The number of nitrogens with zero attached hydrogens (tertiary/aromatic N) is 3. The van der Waals surface area contributed by atoms with E-state index in [2.05, 4.69) is 25.7 Å². The van der Waals surface area contributed by atoms with Gasteiger partial charge >= 0.3 is 6.03 Å². The van der Waals surface area contributed by atoms with Crippen LogP contribution < -0.4 is 15.5 Å². The third-order valence-electron chi connectivity index (χ3n) is 4.46. The summed E-state index contributed by atoms with van der Waals surface area (Å²) in [6.45, 7) is 3.10. The molecule has 0 aliphatic carbocycles. The van der Waals surface area contributed by atoms with Crippen molar-refractivity contribution in [2.24, 2.45) is 0 Å². The second-order valence-electron chi connectivity index (χ2n) is 6.40. The van der Waals surface area contributed by atoms with Gasteiger partial charge in [-0.1, -0.05) is 30.3 Å². The zero-order chi connectivity index (χ0) is 19.2. The quantitative estimate of drug-likeness (QED) is 0.728. The van der Waals surface area contributed by atoms with Crippen molar-refractivity contribution in [1.29, 1.82) is 0 Å². The van der Waals surface area contributed by atoms with Crippen molar-refractivity contribution in [2.45, 2.75) is 0 Å². The molecule has 0 unspecified atom stereocenters. The summed E-state index contributed by atoms with van der Waals surface area (Å²) in [4.78, 5) is 14.2. The number of benzene rings is 2. The van der Waals surface area contributed by atoms with E-state index in [0.717, 1.165) is 49.1 Å². The Kier molecular flexibility index (Phi) is 5.44. The molecule has 0 radical (unpaired) electrons. The summed E-state index contributed by atoms with van der Waals surface area (Å²) in [7, 11) is 0. The van der Waals surface area contributed by atoms with Crippen molar-refractivity contribution in [3.8, 4) is 11.3 Å². The number of hydrogen-bond acceptors (Lipinski definition) is 5. The Hall–Kier alpha value is -3.45. The molecule has 2 aromatic carbocycles. The molecule has 2 heterocycles. The molecule has 4 rings (SSSR count). The van der Waals surface area contributed by atoms with Crippen molar-refractivity contribution >= 4 is 23.2 Å². The summed E-state index contributed by atoms with van der Waals surface area (Å²) < 4.78 is 5.36. The van der Waals surface area contributed by atoms with Crippen LogP contribution >= 0.6 is 0 Å². The molecular formula is C21H21N5O2. The molecule has 1 saturated heterocycles. The van der Waals surface area contributed by atoms with E-state index in [0.29, 0.717) is 5.69 Å². The first-order valence-corrected chi connectivity index (χ1v) is 9.18. The number of nitrogens with one attached hydrogen (secondary N) is 2. The maximum absolute atomic E-state index is 12.1. The van der Waals surface area contributed by atoms with Crippen LogP contribution in [0.15, 0.2) is 66.7 Å². The van der Waals surface area contributed by atoms with E-state index >= 15 is 0 Å². The van der Waals surface area contributed by atoms with E-state index < -0.39 is 0 Å². The van der Waals surface area contributed by atoms with Gasteiger partial charge in [0.2, 0.25) is 0 Å². The first kappa shape index (κ1) is 17.9. The summed E-state index contributed by atoms with van der Waals surface area (Å²) in [6, 6.07) is 20.5. The van der Waals surface area contributed by atoms with E-state index in [1.807, 2.05) is 66.7 Å². The molecule has 2 amide bonds. The average Bonchev–Trinajstić information content (AvgIpc) is 2.76. The van der Waals surface area contributed by atoms with Crippen molar-refractivity contribution in [3.63, 3.8) is 0 Å². The minimum absolute atomic E-state index is 0.284. The Bertz CT molecular complexity index is 908. The predicted molar refractivity (Wildman–Crippen MR) is 110 cm³/mol. The largest absolute Gasteiger partial charge is 0.378 e. The molecule has 1 aliphatic heterocycles. The highest BCUT2D eigenvalue weighted by Gasteiger charge is 2.13. The minimum atomic E-state index is -0.284. The maximum atomic E-state index is 12.1. The summed E-state index contributed by atoms with van der Waals surface area (Å²) in [5.41, 5.74) is 3.18. The molecule has 1 aromatic heterocycles. The summed E-state index contributed by atoms with van der Waals surface area (Å²) in [5.74, 6) is 0.864. The smallest absolute Gasteiger partial charge is 0.323 e. The van der Waals surface area contributed by atoms with Gasteiger partial charge in [0.1, 0.15) is 0 Å². The lowest BCUT2D eigenvalue weighted by molar-refractivity contribution is 0.122. The van der Waals surface area contributed by atoms with Crippen molar-refractivity contribution < 1.29 is 9.53 Å². The topological polar surface area (TPSA) is 79.4 Å². The molecule has 3 aromatic rings. The van der Waals surface area contributed by atoms with Gasteiger partial charge in [-0.05, 0) is 36.4 Å². The molecule has 1 aliphatic rings. The van der Waals surface area contributed by atoms with Crippen LogP contribution in [0, 0.1) is 0 Å². The van der Waals surface area contributed by atoms with Crippen LogP contribution in [0.25, 0.3) is 11.3 Å². The highest BCUT2D eigenvalue weighted by atomic mass is 16.5. The van der Waals surface area contributed by atoms with Gasteiger partial charge in [0, 0.05) is 30.0 Å². The molecule has 7 nitrogen and oxygen atoms in total. The van der Waals surface area contributed by atoms with Gasteiger partial charge in [0.05, 0.1) is 18.9 Å². The fourth-order valence-corrected chi connectivity index (χ4v) is 2.98. The maximum Gasteiger partial charge on any atom is 0.323 e. The molecule has 142 valence electrons. The number of hydrogen-bond donors (Lipinski definition) is 2. The van der Waals surface area contributed by atoms with Gasteiger partial charge in [-0.2, -0.15) is 0 Å². The van der Waals surface area contributed by atoms with Gasteiger partial charge in [-0.3, -0.25) is 0 Å². The summed E-state index contributed by atoms with van der Waals surface area (Å²) in [6.07, 6.45) is 0. The second-order valence-corrected chi connectivity index (χ2v) is 6.40. The van der Waals surface area contributed by atoms with Crippen LogP contribution in [-0.4, -0.2) is 42.5 Å². The third-order valence-corrected chi connectivity index (χ3v) is 4.46. The van der Waals surface area contributed by atoms with Crippen LogP contribution in [0.2, 0.25) is 0 Å². The van der Waals surface area contributed by atoms with Gasteiger partial charge in [0.25, 0.3) is 0 Å². The van der Waals surface area contributed by atoms with Crippen LogP contribution in [0.3, 0.4) is 0 Å². The number of carbonyl (C=O) groups is 1. The lowest BCUT2D eigenvalue weighted by Crippen LogP contribution is -2.36. The molecule has 1 fully saturated rings. The van der Waals surface area contributed by atoms with E-state index in [4.69, 9.17) is 4.74 Å². The summed E-state index contributed by atoms with van der Waals surface area (Å²) >= 11 is 0. The Balaban J connectivity index is 1.38. The minimum Gasteiger partial charge on any atom is -0.378 e. The van der Waals surface area contributed by atoms with Crippen LogP contribution in [0.1, 0.15) is 0 Å². The highest BCUT2D eigenvalue weighted by Crippen LogP contribution is 2.21. The fourth-order valence-electron chi connectivity index (χ4n) is 2.98. The normalized spacial score (nSPS) is 13.8. The highest BCUT2D eigenvalue weighted by molar-refractivity contribution is 5.99. The number of amides is 2. The molecule has 0 spiro atoms. The SMILES string of the molecule is O=C(Nc1ccccc1)Nc1ccc(-c2ccc(N3CCOCC3)nn2)cc1. The fraction of sp³-hybridized carbons (Fsp3) is 0.190. The van der Waals surface area contributed by atoms with Crippen LogP contribution in [0.5, 0.6) is 0 Å². The number of ether oxygens (including phenoxy) is 1. The van der Waals surface area contributed by atoms with Crippen LogP contribution in [0.4, 0.5) is 22.0 Å². The van der Waals surface area contributed by atoms with Gasteiger partial charge in [0.15, 0.2) is 5.82 Å². The number of anilines is 3.